The monoisotopic (exact) mass is 556 g/mol. The van der Waals surface area contributed by atoms with Crippen molar-refractivity contribution < 1.29 is 139 Å². The molecule has 0 aliphatic carbocycles. The van der Waals surface area contributed by atoms with Gasteiger partial charge in [0.15, 0.2) is 0 Å². The summed E-state index contributed by atoms with van der Waals surface area (Å²) < 4.78 is 0. The van der Waals surface area contributed by atoms with Crippen LogP contribution in [0.3, 0.4) is 0 Å². The molecule has 0 aliphatic heterocycles. The molecule has 0 N–H and O–H groups in total. The van der Waals surface area contributed by atoms with Crippen molar-refractivity contribution in [2.75, 3.05) is 0 Å². The normalized spacial score (nSPS) is 6.52. The Hall–Kier alpha value is -2.33. The Morgan fingerprint density at radius 2 is 0.370 bits per heavy atom. The third-order valence-electron chi connectivity index (χ3n) is 0.667. The van der Waals surface area contributed by atoms with Gasteiger partial charge in [0.2, 0.25) is 0 Å². The van der Waals surface area contributed by atoms with Crippen LogP contribution < -0.4 is 40.9 Å². The maximum Gasteiger partial charge on any atom is 4.00 e. The third kappa shape index (κ3) is 59.5. The quantitative estimate of drug-likeness (QED) is 0.197. The van der Waals surface area contributed by atoms with Gasteiger partial charge in [-0.3, -0.25) is 0 Å². The molecule has 0 spiro atoms. The summed E-state index contributed by atoms with van der Waals surface area (Å²) in [5.74, 6) is -17.5. The molecule has 0 rings (SSSR count). The SMILES string of the molecule is O=C([O-])C(=O)[O-].O=C([O-])C(=O)[O-].O=C([O-])C(=O)[O-].O=C([O-])C(=O)[O-].[Co+2].[Mn+2].[Zr+4]. The second-order valence-electron chi connectivity index (χ2n) is 2.30. The molecule has 0 aliphatic rings. The van der Waals surface area contributed by atoms with Crippen molar-refractivity contribution in [1.29, 1.82) is 0 Å². The molecule has 0 atom stereocenters. The number of aliphatic carboxylic acids is 8. The summed E-state index contributed by atoms with van der Waals surface area (Å²) in [6, 6.07) is 0. The molecule has 0 unspecified atom stereocenters. The summed E-state index contributed by atoms with van der Waals surface area (Å²) >= 11 is 0. The Morgan fingerprint density at radius 3 is 0.370 bits per heavy atom. The summed E-state index contributed by atoms with van der Waals surface area (Å²) in [7, 11) is 0. The average molecular weight is 557 g/mol. The van der Waals surface area contributed by atoms with Gasteiger partial charge in [-0.2, -0.15) is 0 Å². The number of hydrogen-bond acceptors (Lipinski definition) is 16. The zero-order valence-corrected chi connectivity index (χ0v) is 16.4. The first kappa shape index (κ1) is 44.3. The van der Waals surface area contributed by atoms with Crippen LogP contribution in [0.15, 0.2) is 0 Å². The van der Waals surface area contributed by atoms with Gasteiger partial charge in [-0.15, -0.1) is 0 Å². The molecule has 27 heavy (non-hydrogen) atoms. The maximum absolute atomic E-state index is 8.93. The Bertz CT molecular complexity index is 401. The third-order valence-corrected chi connectivity index (χ3v) is 0.667. The van der Waals surface area contributed by atoms with Crippen LogP contribution in [-0.2, 0) is 98.4 Å². The van der Waals surface area contributed by atoms with Gasteiger partial charge in [-0.25, -0.2) is 0 Å². The molecule has 2 radical (unpaired) electrons. The number of carboxylic acids is 8. The molecule has 0 fully saturated rings. The van der Waals surface area contributed by atoms with Crippen LogP contribution in [0.1, 0.15) is 0 Å². The topological polar surface area (TPSA) is 321 Å². The molecule has 148 valence electrons. The molecule has 0 heterocycles. The molecular weight excluding hydrogens is 557 g/mol. The van der Waals surface area contributed by atoms with Crippen molar-refractivity contribution in [1.82, 2.24) is 0 Å². The summed E-state index contributed by atoms with van der Waals surface area (Å²) in [6.45, 7) is 0. The first-order valence-corrected chi connectivity index (χ1v) is 4.27. The smallest absolute Gasteiger partial charge is 0.543 e. The number of hydrogen-bond donors (Lipinski definition) is 0. The van der Waals surface area contributed by atoms with Crippen LogP contribution in [0.5, 0.6) is 0 Å². The largest absolute Gasteiger partial charge is 4.00 e. The Morgan fingerprint density at radius 1 is 0.333 bits per heavy atom. The first-order valence-electron chi connectivity index (χ1n) is 4.27. The van der Waals surface area contributed by atoms with E-state index < -0.39 is 47.8 Å². The molecular formula is C8CoMnO16Zr. The van der Waals surface area contributed by atoms with Gasteiger partial charge in [0.25, 0.3) is 0 Å². The Kier molecular flexibility index (Phi) is 42.5. The van der Waals surface area contributed by atoms with Crippen LogP contribution in [0, 0.1) is 0 Å². The van der Waals surface area contributed by atoms with Crippen molar-refractivity contribution in [2.45, 2.75) is 0 Å². The minimum absolute atomic E-state index is 0. The second-order valence-corrected chi connectivity index (χ2v) is 2.30. The summed E-state index contributed by atoms with van der Waals surface area (Å²) in [4.78, 5) is 71.4. The zero-order valence-electron chi connectivity index (χ0n) is 11.7. The summed E-state index contributed by atoms with van der Waals surface area (Å²) in [5, 5.41) is 71.4. The van der Waals surface area contributed by atoms with Gasteiger partial charge < -0.3 is 79.2 Å². The van der Waals surface area contributed by atoms with E-state index in [1.165, 1.54) is 0 Å². The summed E-state index contributed by atoms with van der Waals surface area (Å²) in [5.41, 5.74) is 0. The van der Waals surface area contributed by atoms with E-state index in [1.807, 2.05) is 0 Å². The van der Waals surface area contributed by atoms with E-state index in [9.17, 15) is 0 Å². The summed E-state index contributed by atoms with van der Waals surface area (Å²) in [6.07, 6.45) is 0. The predicted octanol–water partition coefficient (Wildman–Crippen LogP) is -14.1. The first-order chi connectivity index (χ1) is 10.6. The Balaban J connectivity index is -0.0000000381. The molecule has 0 aromatic carbocycles. The van der Waals surface area contributed by atoms with Crippen molar-refractivity contribution in [3.8, 4) is 0 Å². The minimum Gasteiger partial charge on any atom is -0.543 e. The van der Waals surface area contributed by atoms with E-state index >= 15 is 0 Å². The van der Waals surface area contributed by atoms with E-state index in [0.717, 1.165) is 0 Å². The fourth-order valence-corrected chi connectivity index (χ4v) is 0. The van der Waals surface area contributed by atoms with E-state index in [0.29, 0.717) is 0 Å². The average Bonchev–Trinajstić information content (AvgIpc) is 2.40. The van der Waals surface area contributed by atoms with Gasteiger partial charge >= 0.3 is 60.1 Å². The number of rotatable bonds is 0. The zero-order chi connectivity index (χ0) is 20.6. The van der Waals surface area contributed by atoms with E-state index in [-0.39, 0.29) is 60.1 Å². The van der Waals surface area contributed by atoms with Gasteiger partial charge in [-0.1, -0.05) is 0 Å². The van der Waals surface area contributed by atoms with Crippen LogP contribution in [-0.4, -0.2) is 47.8 Å². The van der Waals surface area contributed by atoms with Gasteiger partial charge in [0.05, 0.1) is 47.8 Å². The fraction of sp³-hybridized carbons (Fsp3) is 0. The predicted molar refractivity (Wildman–Crippen MR) is 40.1 cm³/mol. The molecule has 0 amide bonds. The number of carboxylic acid groups (broad SMARTS) is 8. The molecule has 0 bridgehead atoms. The van der Waals surface area contributed by atoms with Gasteiger partial charge in [-0.05, 0) is 0 Å². The van der Waals surface area contributed by atoms with E-state index in [2.05, 4.69) is 0 Å². The van der Waals surface area contributed by atoms with E-state index in [4.69, 9.17) is 79.2 Å². The molecule has 16 nitrogen and oxygen atoms in total. The van der Waals surface area contributed by atoms with Crippen LogP contribution in [0.25, 0.3) is 0 Å². The number of carbonyl (C=O) groups is 8. The standard InChI is InChI=1S/4C2H2O4.Co.Mn.Zr/c4*3-1(4)2(5)6;;;/h4*(H,3,4)(H,5,6);;;/q;;;;2*+2;+4/p-8. The van der Waals surface area contributed by atoms with Gasteiger partial charge in [0.1, 0.15) is 0 Å². The minimum atomic E-state index is -2.19. The van der Waals surface area contributed by atoms with E-state index in [1.54, 1.807) is 0 Å². The fourth-order valence-electron chi connectivity index (χ4n) is 0. The molecule has 0 aromatic heterocycles. The van der Waals surface area contributed by atoms with Crippen LogP contribution >= 0.6 is 0 Å². The van der Waals surface area contributed by atoms with Crippen molar-refractivity contribution in [2.24, 2.45) is 0 Å². The second kappa shape index (κ2) is 25.9. The van der Waals surface area contributed by atoms with Crippen molar-refractivity contribution >= 4 is 47.8 Å². The molecule has 0 aromatic rings. The molecule has 0 saturated carbocycles. The van der Waals surface area contributed by atoms with Crippen LogP contribution in [0.4, 0.5) is 0 Å². The van der Waals surface area contributed by atoms with Crippen molar-refractivity contribution in [3.63, 3.8) is 0 Å². The molecule has 19 heteroatoms. The van der Waals surface area contributed by atoms with Gasteiger partial charge in [0, 0.05) is 0 Å². The van der Waals surface area contributed by atoms with Crippen LogP contribution in [0.2, 0.25) is 0 Å². The maximum atomic E-state index is 8.93. The molecule has 0 saturated heterocycles. The Labute approximate surface area is 186 Å². The van der Waals surface area contributed by atoms with Crippen molar-refractivity contribution in [3.05, 3.63) is 0 Å². The number of carbonyl (C=O) groups excluding carboxylic acids is 8.